The monoisotopic (exact) mass is 530 g/mol. The number of amides is 3. The number of nitrogens with zero attached hydrogens (tertiary/aromatic N) is 1. The van der Waals surface area contributed by atoms with Crippen molar-refractivity contribution in [3.05, 3.63) is 29.3 Å². The summed E-state index contributed by atoms with van der Waals surface area (Å²) in [6.07, 6.45) is -2.14. The van der Waals surface area contributed by atoms with Crippen LogP contribution < -0.4 is 5.32 Å². The van der Waals surface area contributed by atoms with E-state index in [0.717, 1.165) is 24.2 Å². The number of nitrogens with one attached hydrogen (secondary N) is 1. The van der Waals surface area contributed by atoms with Crippen LogP contribution in [-0.4, -0.2) is 22.9 Å². The van der Waals surface area contributed by atoms with Gasteiger partial charge in [-0.05, 0) is 91.7 Å². The van der Waals surface area contributed by atoms with E-state index in [1.807, 2.05) is 5.32 Å². The van der Waals surface area contributed by atoms with Gasteiger partial charge in [0.2, 0.25) is 5.91 Å². The third-order valence-electron chi connectivity index (χ3n) is 10.2. The maximum absolute atomic E-state index is 13.6. The third kappa shape index (κ3) is 4.32. The van der Waals surface area contributed by atoms with Crippen LogP contribution in [0.5, 0.6) is 0 Å². The van der Waals surface area contributed by atoms with Gasteiger partial charge in [0.05, 0.1) is 16.8 Å². The molecule has 10 heteroatoms. The van der Waals surface area contributed by atoms with E-state index >= 15 is 0 Å². The largest absolute Gasteiger partial charge is 0.418 e. The Bertz CT molecular complexity index is 1100. The topological polar surface area (TPSA) is 49.4 Å². The zero-order chi connectivity index (χ0) is 27.0. The maximum atomic E-state index is 13.6. The highest BCUT2D eigenvalue weighted by Crippen LogP contribution is 2.64. The number of rotatable bonds is 1. The Kier molecular flexibility index (Phi) is 6.15. The number of likely N-dealkylation sites (tertiary alicyclic amines) is 1. The summed E-state index contributed by atoms with van der Waals surface area (Å²) in [5.74, 6) is 0.884. The van der Waals surface area contributed by atoms with E-state index < -0.39 is 47.1 Å². The zero-order valence-corrected chi connectivity index (χ0v) is 20.9. The number of carbonyl (C=O) groups excluding carboxylic acids is 2. The Balaban J connectivity index is 1.44. The molecule has 0 spiro atoms. The highest BCUT2D eigenvalue weighted by atomic mass is 19.4. The Hall–Kier alpha value is -2.26. The summed E-state index contributed by atoms with van der Waals surface area (Å²) in [6, 6.07) is -0.658. The number of hydrogen-bond acceptors (Lipinski definition) is 2. The minimum absolute atomic E-state index is 0.0836. The molecule has 1 aromatic rings. The fourth-order valence-electron chi connectivity index (χ4n) is 8.38. The van der Waals surface area contributed by atoms with Gasteiger partial charge in [-0.1, -0.05) is 20.3 Å². The summed E-state index contributed by atoms with van der Waals surface area (Å²) in [6.45, 7) is 4.46. The van der Waals surface area contributed by atoms with Crippen LogP contribution in [0, 0.1) is 28.6 Å². The van der Waals surface area contributed by atoms with Crippen molar-refractivity contribution in [3.63, 3.8) is 0 Å². The standard InChI is InChI=1S/C27H32F6N2O2/c1-24-11-3-4-17(24)16-6-8-21-25(2,18(16)9-12-24)13-10-22(36)35(21)23(37)34-20-14-15(26(28,29)30)5-7-19(20)27(31,32)33/h5,7,14,16-18,21H,3-4,6,8-13H2,1-2H3,(H,34,37)/t16-,17-,18-,21+,24-,25+/m0/s1. The second-order valence-corrected chi connectivity index (χ2v) is 12.0. The van der Waals surface area contributed by atoms with Crippen LogP contribution in [0.15, 0.2) is 18.2 Å². The second kappa shape index (κ2) is 8.63. The van der Waals surface area contributed by atoms with Crippen molar-refractivity contribution in [2.75, 3.05) is 5.32 Å². The number of urea groups is 1. The molecule has 5 rings (SSSR count). The molecule has 204 valence electrons. The highest BCUT2D eigenvalue weighted by Gasteiger charge is 2.60. The maximum Gasteiger partial charge on any atom is 0.418 e. The van der Waals surface area contributed by atoms with Gasteiger partial charge in [-0.15, -0.1) is 0 Å². The van der Waals surface area contributed by atoms with E-state index in [0.29, 0.717) is 48.1 Å². The number of piperidine rings is 1. The average Bonchev–Trinajstić information content (AvgIpc) is 3.20. The van der Waals surface area contributed by atoms with Crippen molar-refractivity contribution in [1.29, 1.82) is 0 Å². The van der Waals surface area contributed by atoms with Crippen LogP contribution in [0.3, 0.4) is 0 Å². The van der Waals surface area contributed by atoms with Crippen molar-refractivity contribution >= 4 is 17.6 Å². The molecule has 1 N–H and O–H groups in total. The van der Waals surface area contributed by atoms with Crippen molar-refractivity contribution < 1.29 is 35.9 Å². The lowest BCUT2D eigenvalue weighted by atomic mass is 9.47. The highest BCUT2D eigenvalue weighted by molar-refractivity contribution is 6.02. The van der Waals surface area contributed by atoms with Crippen molar-refractivity contribution in [2.24, 2.45) is 28.6 Å². The van der Waals surface area contributed by atoms with Gasteiger partial charge in [0.25, 0.3) is 0 Å². The lowest BCUT2D eigenvalue weighted by Gasteiger charge is -2.61. The molecule has 3 amide bonds. The average molecular weight is 531 g/mol. The zero-order valence-electron chi connectivity index (χ0n) is 20.9. The smallest absolute Gasteiger partial charge is 0.307 e. The number of hydrogen-bond donors (Lipinski definition) is 1. The van der Waals surface area contributed by atoms with Gasteiger partial charge < -0.3 is 5.32 Å². The van der Waals surface area contributed by atoms with E-state index in [4.69, 9.17) is 0 Å². The summed E-state index contributed by atoms with van der Waals surface area (Å²) >= 11 is 0. The van der Waals surface area contributed by atoms with Gasteiger partial charge in [-0.25, -0.2) is 4.79 Å². The molecule has 0 aromatic heterocycles. The number of benzene rings is 1. The molecule has 6 atom stereocenters. The SMILES string of the molecule is C[C@@]12CCC[C@H]1[C@@H]1CC[C@H]3N(C(=O)Nc4cc(C(F)(F)F)ccc4C(F)(F)F)C(=O)CC[C@]3(C)[C@H]1CC2. The van der Waals surface area contributed by atoms with Crippen molar-refractivity contribution in [3.8, 4) is 0 Å². The molecule has 4 fully saturated rings. The fourth-order valence-corrected chi connectivity index (χ4v) is 8.38. The Morgan fingerprint density at radius 2 is 1.68 bits per heavy atom. The number of anilines is 1. The predicted octanol–water partition coefficient (Wildman–Crippen LogP) is 7.88. The normalized spacial score (nSPS) is 36.0. The van der Waals surface area contributed by atoms with Crippen molar-refractivity contribution in [2.45, 2.75) is 90.0 Å². The molecular weight excluding hydrogens is 498 g/mol. The quantitative estimate of drug-likeness (QED) is 0.376. The van der Waals surface area contributed by atoms with E-state index in [-0.39, 0.29) is 17.9 Å². The Morgan fingerprint density at radius 3 is 2.35 bits per heavy atom. The van der Waals surface area contributed by atoms with Crippen LogP contribution in [0.1, 0.15) is 82.8 Å². The van der Waals surface area contributed by atoms with Gasteiger partial charge >= 0.3 is 18.4 Å². The first-order valence-corrected chi connectivity index (χ1v) is 13.1. The van der Waals surface area contributed by atoms with Crippen LogP contribution >= 0.6 is 0 Å². The number of carbonyl (C=O) groups is 2. The molecule has 0 bridgehead atoms. The Labute approximate surface area is 212 Å². The van der Waals surface area contributed by atoms with Crippen LogP contribution in [0.25, 0.3) is 0 Å². The van der Waals surface area contributed by atoms with Gasteiger partial charge in [-0.3, -0.25) is 9.69 Å². The van der Waals surface area contributed by atoms with Gasteiger partial charge in [0.15, 0.2) is 0 Å². The van der Waals surface area contributed by atoms with Gasteiger partial charge in [0.1, 0.15) is 0 Å². The molecule has 1 aromatic carbocycles. The fraction of sp³-hybridized carbons (Fsp3) is 0.704. The minimum Gasteiger partial charge on any atom is -0.307 e. The molecule has 37 heavy (non-hydrogen) atoms. The summed E-state index contributed by atoms with van der Waals surface area (Å²) in [4.78, 5) is 27.4. The molecule has 3 aliphatic carbocycles. The minimum atomic E-state index is -4.98. The molecule has 1 saturated heterocycles. The number of alkyl halides is 6. The number of fused-ring (bicyclic) bond motifs is 5. The van der Waals surface area contributed by atoms with Crippen LogP contribution in [-0.2, 0) is 17.1 Å². The van der Waals surface area contributed by atoms with E-state index in [9.17, 15) is 35.9 Å². The molecule has 1 heterocycles. The summed E-state index contributed by atoms with van der Waals surface area (Å²) in [7, 11) is 0. The number of halogens is 6. The summed E-state index contributed by atoms with van der Waals surface area (Å²) in [5.41, 5.74) is -3.76. The van der Waals surface area contributed by atoms with Crippen LogP contribution in [0.2, 0.25) is 0 Å². The first-order chi connectivity index (χ1) is 17.1. The van der Waals surface area contributed by atoms with Crippen molar-refractivity contribution in [1.82, 2.24) is 4.90 Å². The lowest BCUT2D eigenvalue weighted by molar-refractivity contribution is -0.152. The van der Waals surface area contributed by atoms with Gasteiger partial charge in [0, 0.05) is 12.5 Å². The summed E-state index contributed by atoms with van der Waals surface area (Å²) in [5, 5.41) is 2.04. The molecule has 3 saturated carbocycles. The summed E-state index contributed by atoms with van der Waals surface area (Å²) < 4.78 is 80.5. The first kappa shape index (κ1) is 26.4. The second-order valence-electron chi connectivity index (χ2n) is 12.0. The first-order valence-electron chi connectivity index (χ1n) is 13.1. The van der Waals surface area contributed by atoms with Gasteiger partial charge in [-0.2, -0.15) is 26.3 Å². The lowest BCUT2D eigenvalue weighted by Crippen LogP contribution is -2.63. The molecule has 0 radical (unpaired) electrons. The van der Waals surface area contributed by atoms with E-state index in [1.54, 1.807) is 0 Å². The molecule has 4 nitrogen and oxygen atoms in total. The number of imide groups is 1. The third-order valence-corrected chi connectivity index (χ3v) is 10.2. The molecule has 4 aliphatic rings. The Morgan fingerprint density at radius 1 is 0.946 bits per heavy atom. The van der Waals surface area contributed by atoms with Crippen LogP contribution in [0.4, 0.5) is 36.8 Å². The molecular formula is C27H32F6N2O2. The molecule has 1 aliphatic heterocycles. The molecule has 0 unspecified atom stereocenters. The predicted molar refractivity (Wildman–Crippen MR) is 124 cm³/mol. The van der Waals surface area contributed by atoms with E-state index in [1.165, 1.54) is 19.3 Å². The van der Waals surface area contributed by atoms with E-state index in [2.05, 4.69) is 13.8 Å².